The SMILES string of the molecule is NNc1nc(C(=O)NCc2cncs2)cc2ccccc12. The van der Waals surface area contributed by atoms with Crippen molar-refractivity contribution >= 4 is 33.8 Å². The minimum absolute atomic E-state index is 0.245. The number of aromatic nitrogens is 2. The summed E-state index contributed by atoms with van der Waals surface area (Å²) >= 11 is 1.49. The number of benzene rings is 1. The maximum absolute atomic E-state index is 12.2. The van der Waals surface area contributed by atoms with Crippen LogP contribution in [0, 0.1) is 0 Å². The summed E-state index contributed by atoms with van der Waals surface area (Å²) < 4.78 is 0. The Hall–Kier alpha value is -2.51. The predicted molar refractivity (Wildman–Crippen MR) is 82.8 cm³/mol. The molecule has 0 bridgehead atoms. The van der Waals surface area contributed by atoms with Crippen molar-refractivity contribution in [1.29, 1.82) is 0 Å². The zero-order valence-electron chi connectivity index (χ0n) is 11.0. The Bertz CT molecular complexity index is 772. The van der Waals surface area contributed by atoms with Gasteiger partial charge < -0.3 is 10.7 Å². The lowest BCUT2D eigenvalue weighted by Gasteiger charge is -2.08. The predicted octanol–water partition coefficient (Wildman–Crippen LogP) is 1.91. The van der Waals surface area contributed by atoms with E-state index in [1.54, 1.807) is 17.8 Å². The van der Waals surface area contributed by atoms with Crippen molar-refractivity contribution in [3.05, 3.63) is 52.6 Å². The maximum Gasteiger partial charge on any atom is 0.270 e. The van der Waals surface area contributed by atoms with Crippen molar-refractivity contribution in [1.82, 2.24) is 15.3 Å². The highest BCUT2D eigenvalue weighted by Crippen LogP contribution is 2.21. The molecule has 2 aromatic heterocycles. The van der Waals surface area contributed by atoms with Crippen LogP contribution in [0.3, 0.4) is 0 Å². The van der Waals surface area contributed by atoms with Crippen LogP contribution in [0.2, 0.25) is 0 Å². The summed E-state index contributed by atoms with van der Waals surface area (Å²) in [5, 5.41) is 4.60. The van der Waals surface area contributed by atoms with Crippen LogP contribution in [0.4, 0.5) is 5.82 Å². The molecular formula is C14H13N5OS. The quantitative estimate of drug-likeness (QED) is 0.505. The molecule has 0 aliphatic carbocycles. The van der Waals surface area contributed by atoms with E-state index < -0.39 is 0 Å². The van der Waals surface area contributed by atoms with Gasteiger partial charge in [0.15, 0.2) is 0 Å². The average Bonchev–Trinajstić information content (AvgIpc) is 3.04. The Morgan fingerprint density at radius 3 is 2.95 bits per heavy atom. The van der Waals surface area contributed by atoms with Gasteiger partial charge in [-0.2, -0.15) is 0 Å². The number of amides is 1. The highest BCUT2D eigenvalue weighted by molar-refractivity contribution is 7.09. The monoisotopic (exact) mass is 299 g/mol. The third kappa shape index (κ3) is 2.83. The van der Waals surface area contributed by atoms with Gasteiger partial charge in [0, 0.05) is 16.5 Å². The fourth-order valence-electron chi connectivity index (χ4n) is 2.01. The number of nitrogens with two attached hydrogens (primary N) is 1. The third-order valence-electron chi connectivity index (χ3n) is 3.02. The summed E-state index contributed by atoms with van der Waals surface area (Å²) in [6, 6.07) is 9.36. The smallest absolute Gasteiger partial charge is 0.270 e. The van der Waals surface area contributed by atoms with Crippen LogP contribution in [0.15, 0.2) is 42.0 Å². The van der Waals surface area contributed by atoms with Crippen LogP contribution < -0.4 is 16.6 Å². The number of carbonyl (C=O) groups is 1. The first-order chi connectivity index (χ1) is 10.3. The van der Waals surface area contributed by atoms with Crippen molar-refractivity contribution in [2.45, 2.75) is 6.54 Å². The zero-order chi connectivity index (χ0) is 14.7. The molecule has 3 aromatic rings. The van der Waals surface area contributed by atoms with Gasteiger partial charge in [0.1, 0.15) is 11.5 Å². The van der Waals surface area contributed by atoms with Crippen molar-refractivity contribution in [2.24, 2.45) is 5.84 Å². The number of hydrogen-bond acceptors (Lipinski definition) is 6. The lowest BCUT2D eigenvalue weighted by atomic mass is 10.1. The molecule has 4 N–H and O–H groups in total. The average molecular weight is 299 g/mol. The molecule has 1 aromatic carbocycles. The topological polar surface area (TPSA) is 92.9 Å². The Morgan fingerprint density at radius 1 is 1.33 bits per heavy atom. The van der Waals surface area contributed by atoms with Crippen LogP contribution in [0.25, 0.3) is 10.8 Å². The number of anilines is 1. The summed E-state index contributed by atoms with van der Waals surface area (Å²) in [5.74, 6) is 5.72. The van der Waals surface area contributed by atoms with E-state index in [1.807, 2.05) is 24.3 Å². The van der Waals surface area contributed by atoms with Gasteiger partial charge in [-0.15, -0.1) is 11.3 Å². The van der Waals surface area contributed by atoms with Crippen LogP contribution in [0.1, 0.15) is 15.4 Å². The van der Waals surface area contributed by atoms with Crippen LogP contribution >= 0.6 is 11.3 Å². The number of nitrogens with zero attached hydrogens (tertiary/aromatic N) is 2. The maximum atomic E-state index is 12.2. The number of hydrazine groups is 1. The molecule has 2 heterocycles. The van der Waals surface area contributed by atoms with Gasteiger partial charge in [0.25, 0.3) is 5.91 Å². The second-order valence-corrected chi connectivity index (χ2v) is 5.34. The molecule has 0 aliphatic heterocycles. The summed E-state index contributed by atoms with van der Waals surface area (Å²) in [5.41, 5.74) is 4.59. The fraction of sp³-hybridized carbons (Fsp3) is 0.0714. The van der Waals surface area contributed by atoms with Crippen LogP contribution in [-0.4, -0.2) is 15.9 Å². The summed E-state index contributed by atoms with van der Waals surface area (Å²) in [6.07, 6.45) is 1.73. The molecule has 106 valence electrons. The Labute approximate surface area is 125 Å². The van der Waals surface area contributed by atoms with E-state index in [1.165, 1.54) is 11.3 Å². The van der Waals surface area contributed by atoms with Gasteiger partial charge in [-0.05, 0) is 11.5 Å². The number of nitrogen functional groups attached to an aromatic ring is 1. The number of fused-ring (bicyclic) bond motifs is 1. The minimum atomic E-state index is -0.245. The molecule has 0 radical (unpaired) electrons. The van der Waals surface area contributed by atoms with Gasteiger partial charge in [-0.1, -0.05) is 24.3 Å². The number of rotatable bonds is 4. The van der Waals surface area contributed by atoms with Crippen LogP contribution in [-0.2, 0) is 6.54 Å². The number of pyridine rings is 1. The summed E-state index contributed by atoms with van der Waals surface area (Å²) in [7, 11) is 0. The Kier molecular flexibility index (Phi) is 3.76. The normalized spacial score (nSPS) is 10.5. The third-order valence-corrected chi connectivity index (χ3v) is 3.80. The molecule has 0 spiro atoms. The second kappa shape index (κ2) is 5.86. The van der Waals surface area contributed by atoms with Gasteiger partial charge in [0.05, 0.1) is 12.1 Å². The molecule has 0 aliphatic rings. The lowest BCUT2D eigenvalue weighted by Crippen LogP contribution is -2.24. The number of carbonyl (C=O) groups excluding carboxylic acids is 1. The van der Waals surface area contributed by atoms with Gasteiger partial charge in [-0.25, -0.2) is 10.8 Å². The van der Waals surface area contributed by atoms with Gasteiger partial charge >= 0.3 is 0 Å². The molecule has 6 nitrogen and oxygen atoms in total. The van der Waals surface area contributed by atoms with Crippen molar-refractivity contribution in [3.63, 3.8) is 0 Å². The first kappa shape index (κ1) is 13.5. The lowest BCUT2D eigenvalue weighted by molar-refractivity contribution is 0.0946. The summed E-state index contributed by atoms with van der Waals surface area (Å²) in [4.78, 5) is 21.4. The molecule has 7 heteroatoms. The molecule has 0 atom stereocenters. The van der Waals surface area contributed by atoms with Gasteiger partial charge in [-0.3, -0.25) is 9.78 Å². The molecule has 0 unspecified atom stereocenters. The highest BCUT2D eigenvalue weighted by Gasteiger charge is 2.11. The molecule has 3 rings (SSSR count). The Balaban J connectivity index is 1.87. The summed E-state index contributed by atoms with van der Waals surface area (Å²) in [6.45, 7) is 0.434. The highest BCUT2D eigenvalue weighted by atomic mass is 32.1. The number of nitrogens with one attached hydrogen (secondary N) is 2. The number of thiazole rings is 1. The standard InChI is InChI=1S/C14H13N5OS/c15-19-13-11-4-2-1-3-9(11)5-12(18-13)14(20)17-7-10-6-16-8-21-10/h1-6,8H,7,15H2,(H,17,20)(H,18,19). The molecule has 0 saturated carbocycles. The molecular weight excluding hydrogens is 286 g/mol. The van der Waals surface area contributed by atoms with E-state index in [0.29, 0.717) is 18.1 Å². The molecule has 21 heavy (non-hydrogen) atoms. The zero-order valence-corrected chi connectivity index (χ0v) is 11.9. The van der Waals surface area contributed by atoms with E-state index in [2.05, 4.69) is 20.7 Å². The fourth-order valence-corrected chi connectivity index (χ4v) is 2.55. The van der Waals surface area contributed by atoms with Crippen LogP contribution in [0.5, 0.6) is 0 Å². The largest absolute Gasteiger partial charge is 0.346 e. The second-order valence-electron chi connectivity index (χ2n) is 4.37. The molecule has 0 fully saturated rings. The van der Waals surface area contributed by atoms with Crippen molar-refractivity contribution in [3.8, 4) is 0 Å². The van der Waals surface area contributed by atoms with Crippen molar-refractivity contribution in [2.75, 3.05) is 5.43 Å². The first-order valence-corrected chi connectivity index (χ1v) is 7.18. The van der Waals surface area contributed by atoms with Crippen molar-refractivity contribution < 1.29 is 4.79 Å². The van der Waals surface area contributed by atoms with Gasteiger partial charge in [0.2, 0.25) is 0 Å². The minimum Gasteiger partial charge on any atom is -0.346 e. The molecule has 0 saturated heterocycles. The van der Waals surface area contributed by atoms with E-state index >= 15 is 0 Å². The Morgan fingerprint density at radius 2 is 2.19 bits per heavy atom. The van der Waals surface area contributed by atoms with E-state index in [9.17, 15) is 4.79 Å². The first-order valence-electron chi connectivity index (χ1n) is 6.30. The van der Waals surface area contributed by atoms with E-state index in [0.717, 1.165) is 15.6 Å². The van der Waals surface area contributed by atoms with E-state index in [-0.39, 0.29) is 5.91 Å². The number of hydrogen-bond donors (Lipinski definition) is 3. The molecule has 1 amide bonds. The van der Waals surface area contributed by atoms with E-state index in [4.69, 9.17) is 5.84 Å².